The lowest BCUT2D eigenvalue weighted by atomic mass is 9.85. The van der Waals surface area contributed by atoms with Gasteiger partial charge in [0.15, 0.2) is 0 Å². The van der Waals surface area contributed by atoms with E-state index >= 15 is 0 Å². The van der Waals surface area contributed by atoms with Gasteiger partial charge < -0.3 is 5.32 Å². The standard InChI is InChI=1S/C12H15Cl2N/c13-11-3-1-9(2-4-11)7-15-8-10-5-12(14)6-10/h1-4,10,12,15H,5-8H2. The Hall–Kier alpha value is -0.240. The van der Waals surface area contributed by atoms with Crippen LogP contribution in [0.2, 0.25) is 5.02 Å². The Balaban J connectivity index is 1.67. The fraction of sp³-hybridized carbons (Fsp3) is 0.500. The fourth-order valence-corrected chi connectivity index (χ4v) is 2.47. The molecule has 0 saturated heterocycles. The van der Waals surface area contributed by atoms with Crippen LogP contribution in [0.25, 0.3) is 0 Å². The number of nitrogens with one attached hydrogen (secondary N) is 1. The van der Waals surface area contributed by atoms with Crippen molar-refractivity contribution in [1.82, 2.24) is 5.32 Å². The molecule has 0 radical (unpaired) electrons. The zero-order valence-electron chi connectivity index (χ0n) is 8.55. The van der Waals surface area contributed by atoms with Crippen LogP contribution in [0, 0.1) is 5.92 Å². The number of benzene rings is 1. The molecule has 1 aromatic rings. The molecule has 1 N–H and O–H groups in total. The highest BCUT2D eigenvalue weighted by Gasteiger charge is 2.26. The summed E-state index contributed by atoms with van der Waals surface area (Å²) < 4.78 is 0. The van der Waals surface area contributed by atoms with E-state index in [2.05, 4.69) is 17.4 Å². The smallest absolute Gasteiger partial charge is 0.0406 e. The van der Waals surface area contributed by atoms with E-state index in [1.165, 1.54) is 5.56 Å². The second-order valence-corrected chi connectivity index (χ2v) is 5.25. The quantitative estimate of drug-likeness (QED) is 0.800. The van der Waals surface area contributed by atoms with E-state index in [-0.39, 0.29) is 0 Å². The molecule has 82 valence electrons. The van der Waals surface area contributed by atoms with E-state index < -0.39 is 0 Å². The number of hydrogen-bond donors (Lipinski definition) is 1. The highest BCUT2D eigenvalue weighted by molar-refractivity contribution is 6.30. The predicted molar refractivity (Wildman–Crippen MR) is 65.5 cm³/mol. The van der Waals surface area contributed by atoms with Gasteiger partial charge in [-0.25, -0.2) is 0 Å². The monoisotopic (exact) mass is 243 g/mol. The summed E-state index contributed by atoms with van der Waals surface area (Å²) in [5, 5.41) is 4.66. The number of hydrogen-bond acceptors (Lipinski definition) is 1. The number of rotatable bonds is 4. The Kier molecular flexibility index (Phi) is 3.90. The van der Waals surface area contributed by atoms with Gasteiger partial charge in [-0.3, -0.25) is 0 Å². The number of halogens is 2. The summed E-state index contributed by atoms with van der Waals surface area (Å²) in [5.41, 5.74) is 1.28. The minimum Gasteiger partial charge on any atom is -0.312 e. The molecule has 1 saturated carbocycles. The maximum absolute atomic E-state index is 5.91. The molecule has 1 aromatic carbocycles. The van der Waals surface area contributed by atoms with Crippen molar-refractivity contribution in [3.8, 4) is 0 Å². The van der Waals surface area contributed by atoms with Gasteiger partial charge in [-0.15, -0.1) is 11.6 Å². The molecular weight excluding hydrogens is 229 g/mol. The van der Waals surface area contributed by atoms with Crippen LogP contribution >= 0.6 is 23.2 Å². The van der Waals surface area contributed by atoms with Crippen LogP contribution in [0.3, 0.4) is 0 Å². The zero-order chi connectivity index (χ0) is 10.7. The van der Waals surface area contributed by atoms with E-state index in [1.807, 2.05) is 12.1 Å². The van der Waals surface area contributed by atoms with E-state index in [1.54, 1.807) is 0 Å². The molecule has 2 rings (SSSR count). The summed E-state index contributed by atoms with van der Waals surface area (Å²) in [7, 11) is 0. The van der Waals surface area contributed by atoms with Crippen LogP contribution < -0.4 is 5.32 Å². The lowest BCUT2D eigenvalue weighted by Crippen LogP contribution is -2.33. The largest absolute Gasteiger partial charge is 0.312 e. The van der Waals surface area contributed by atoms with Gasteiger partial charge in [0.1, 0.15) is 0 Å². The van der Waals surface area contributed by atoms with Crippen LogP contribution in [0.5, 0.6) is 0 Å². The summed E-state index contributed by atoms with van der Waals surface area (Å²) in [4.78, 5) is 0. The molecule has 0 aliphatic heterocycles. The first kappa shape index (κ1) is 11.3. The summed E-state index contributed by atoms with van der Waals surface area (Å²) in [5.74, 6) is 0.778. The molecule has 0 aromatic heterocycles. The lowest BCUT2D eigenvalue weighted by molar-refractivity contribution is 0.308. The van der Waals surface area contributed by atoms with Gasteiger partial charge in [0.25, 0.3) is 0 Å². The molecule has 0 unspecified atom stereocenters. The van der Waals surface area contributed by atoms with Gasteiger partial charge in [-0.05, 0) is 43.0 Å². The lowest BCUT2D eigenvalue weighted by Gasteiger charge is -2.30. The second-order valence-electron chi connectivity index (χ2n) is 4.19. The minimum atomic E-state index is 0.423. The molecule has 0 amide bonds. The normalized spacial score (nSPS) is 24.9. The van der Waals surface area contributed by atoms with Crippen molar-refractivity contribution in [3.05, 3.63) is 34.9 Å². The van der Waals surface area contributed by atoms with Crippen LogP contribution in [0.4, 0.5) is 0 Å². The molecule has 15 heavy (non-hydrogen) atoms. The molecule has 0 spiro atoms. The predicted octanol–water partition coefficient (Wildman–Crippen LogP) is 3.45. The Morgan fingerprint density at radius 2 is 1.87 bits per heavy atom. The van der Waals surface area contributed by atoms with E-state index in [0.717, 1.165) is 36.9 Å². The third-order valence-corrected chi connectivity index (χ3v) is 3.46. The first-order valence-corrected chi connectivity index (χ1v) is 6.14. The maximum Gasteiger partial charge on any atom is 0.0406 e. The van der Waals surface area contributed by atoms with Crippen LogP contribution in [-0.2, 0) is 6.54 Å². The van der Waals surface area contributed by atoms with Gasteiger partial charge in [-0.2, -0.15) is 0 Å². The molecular formula is C12H15Cl2N. The van der Waals surface area contributed by atoms with Crippen LogP contribution in [0.15, 0.2) is 24.3 Å². The van der Waals surface area contributed by atoms with Gasteiger partial charge in [0.05, 0.1) is 0 Å². The number of alkyl halides is 1. The molecule has 0 bridgehead atoms. The fourth-order valence-electron chi connectivity index (χ4n) is 1.84. The Morgan fingerprint density at radius 1 is 1.20 bits per heavy atom. The molecule has 0 atom stereocenters. The van der Waals surface area contributed by atoms with E-state index in [0.29, 0.717) is 5.38 Å². The van der Waals surface area contributed by atoms with Gasteiger partial charge >= 0.3 is 0 Å². The summed E-state index contributed by atoms with van der Waals surface area (Å²) in [6, 6.07) is 7.97. The maximum atomic E-state index is 5.91. The van der Waals surface area contributed by atoms with E-state index in [4.69, 9.17) is 23.2 Å². The van der Waals surface area contributed by atoms with Crippen molar-refractivity contribution in [3.63, 3.8) is 0 Å². The first-order valence-electron chi connectivity index (χ1n) is 5.33. The molecule has 0 heterocycles. The second kappa shape index (κ2) is 5.20. The van der Waals surface area contributed by atoms with Gasteiger partial charge in [0, 0.05) is 16.9 Å². The highest BCUT2D eigenvalue weighted by atomic mass is 35.5. The average molecular weight is 244 g/mol. The van der Waals surface area contributed by atoms with Crippen molar-refractivity contribution < 1.29 is 0 Å². The SMILES string of the molecule is Clc1ccc(CNCC2CC(Cl)C2)cc1. The van der Waals surface area contributed by atoms with Crippen molar-refractivity contribution in [1.29, 1.82) is 0 Å². The molecule has 1 nitrogen and oxygen atoms in total. The Bertz CT molecular complexity index is 304. The van der Waals surface area contributed by atoms with Crippen molar-refractivity contribution in [2.24, 2.45) is 5.92 Å². The van der Waals surface area contributed by atoms with Crippen molar-refractivity contribution >= 4 is 23.2 Å². The zero-order valence-corrected chi connectivity index (χ0v) is 10.1. The van der Waals surface area contributed by atoms with Gasteiger partial charge in [0.2, 0.25) is 0 Å². The van der Waals surface area contributed by atoms with Crippen molar-refractivity contribution in [2.45, 2.75) is 24.8 Å². The molecule has 1 fully saturated rings. The summed E-state index contributed by atoms with van der Waals surface area (Å²) >= 11 is 11.7. The van der Waals surface area contributed by atoms with E-state index in [9.17, 15) is 0 Å². The summed E-state index contributed by atoms with van der Waals surface area (Å²) in [6.07, 6.45) is 2.32. The third-order valence-electron chi connectivity index (χ3n) is 2.85. The van der Waals surface area contributed by atoms with Crippen LogP contribution in [-0.4, -0.2) is 11.9 Å². The minimum absolute atomic E-state index is 0.423. The average Bonchev–Trinajstić information content (AvgIpc) is 2.18. The highest BCUT2D eigenvalue weighted by Crippen LogP contribution is 2.31. The molecule has 1 aliphatic carbocycles. The molecule has 3 heteroatoms. The van der Waals surface area contributed by atoms with Crippen LogP contribution in [0.1, 0.15) is 18.4 Å². The Labute approximate surface area is 101 Å². The first-order chi connectivity index (χ1) is 7.24. The summed E-state index contributed by atoms with van der Waals surface area (Å²) in [6.45, 7) is 1.99. The Morgan fingerprint density at radius 3 is 2.47 bits per heavy atom. The molecule has 1 aliphatic rings. The third kappa shape index (κ3) is 3.37. The topological polar surface area (TPSA) is 12.0 Å². The van der Waals surface area contributed by atoms with Crippen molar-refractivity contribution in [2.75, 3.05) is 6.54 Å². The van der Waals surface area contributed by atoms with Gasteiger partial charge in [-0.1, -0.05) is 23.7 Å².